The molecule has 5 rings (SSSR count). The molecule has 1 saturated heterocycles. The fourth-order valence-electron chi connectivity index (χ4n) is 3.62. The first kappa shape index (κ1) is 22.9. The number of aromatic nitrogens is 2. The Labute approximate surface area is 204 Å². The summed E-state index contributed by atoms with van der Waals surface area (Å²) in [5.41, 5.74) is 1.55. The molecule has 1 aromatic heterocycles. The number of halogens is 3. The lowest BCUT2D eigenvalue weighted by molar-refractivity contribution is 0.102. The smallest absolute Gasteiger partial charge is 0.255 e. The van der Waals surface area contributed by atoms with Crippen LogP contribution in [-0.2, 0) is 4.74 Å². The summed E-state index contributed by atoms with van der Waals surface area (Å²) >= 11 is 5.64. The molecule has 1 aliphatic rings. The summed E-state index contributed by atoms with van der Waals surface area (Å²) in [6.45, 7) is 2.74. The Kier molecular flexibility index (Phi) is 6.43. The molecular weight excluding hydrogens is 478 g/mol. The lowest BCUT2D eigenvalue weighted by atomic mass is 10.2. The predicted molar refractivity (Wildman–Crippen MR) is 128 cm³/mol. The predicted octanol–water partition coefficient (Wildman–Crippen LogP) is 5.44. The van der Waals surface area contributed by atoms with Crippen LogP contribution in [0.25, 0.3) is 11.0 Å². The van der Waals surface area contributed by atoms with E-state index in [1.165, 1.54) is 24.3 Å². The van der Waals surface area contributed by atoms with Crippen molar-refractivity contribution in [1.82, 2.24) is 9.97 Å². The fraction of sp³-hybridized carbons (Fsp3) is 0.160. The second-order valence-electron chi connectivity index (χ2n) is 7.81. The average Bonchev–Trinajstić information content (AvgIpc) is 2.87. The molecule has 1 fully saturated rings. The van der Waals surface area contributed by atoms with Crippen molar-refractivity contribution in [2.45, 2.75) is 0 Å². The number of morpholine rings is 1. The van der Waals surface area contributed by atoms with Crippen LogP contribution in [0.5, 0.6) is 11.5 Å². The highest BCUT2D eigenvalue weighted by Gasteiger charge is 2.15. The largest absolute Gasteiger partial charge is 0.454 e. The lowest BCUT2D eigenvalue weighted by Gasteiger charge is -2.27. The Hall–Kier alpha value is -3.82. The van der Waals surface area contributed by atoms with E-state index in [4.69, 9.17) is 21.1 Å². The van der Waals surface area contributed by atoms with E-state index in [0.29, 0.717) is 30.0 Å². The maximum absolute atomic E-state index is 14.7. The molecule has 0 spiro atoms. The molecule has 7 nitrogen and oxygen atoms in total. The van der Waals surface area contributed by atoms with Gasteiger partial charge in [0.25, 0.3) is 5.91 Å². The summed E-state index contributed by atoms with van der Waals surface area (Å²) in [7, 11) is 0. The van der Waals surface area contributed by atoms with Crippen LogP contribution in [0, 0.1) is 11.6 Å². The minimum atomic E-state index is -0.716. The van der Waals surface area contributed by atoms with Crippen LogP contribution in [0.1, 0.15) is 10.4 Å². The van der Waals surface area contributed by atoms with Gasteiger partial charge in [0.05, 0.1) is 35.5 Å². The quantitative estimate of drug-likeness (QED) is 0.396. The van der Waals surface area contributed by atoms with Crippen LogP contribution in [0.15, 0.2) is 60.8 Å². The number of ether oxygens (including phenoxy) is 2. The molecule has 178 valence electrons. The van der Waals surface area contributed by atoms with Gasteiger partial charge >= 0.3 is 0 Å². The first-order valence-electron chi connectivity index (χ1n) is 10.8. The molecular formula is C25H19ClF2N4O3. The summed E-state index contributed by atoms with van der Waals surface area (Å²) < 4.78 is 39.4. The molecule has 10 heteroatoms. The first-order chi connectivity index (χ1) is 17.0. The van der Waals surface area contributed by atoms with Gasteiger partial charge in [0, 0.05) is 36.5 Å². The second-order valence-corrected chi connectivity index (χ2v) is 8.22. The number of carbonyl (C=O) groups excluding carboxylic acids is 1. The van der Waals surface area contributed by atoms with Crippen molar-refractivity contribution in [2.24, 2.45) is 0 Å². The molecule has 0 atom stereocenters. The monoisotopic (exact) mass is 496 g/mol. The Bertz CT molecular complexity index is 1410. The molecule has 3 aromatic carbocycles. The zero-order chi connectivity index (χ0) is 24.4. The lowest BCUT2D eigenvalue weighted by Crippen LogP contribution is -2.36. The van der Waals surface area contributed by atoms with Crippen molar-refractivity contribution < 1.29 is 23.0 Å². The molecule has 0 unspecified atom stereocenters. The molecule has 0 saturated carbocycles. The molecule has 35 heavy (non-hydrogen) atoms. The van der Waals surface area contributed by atoms with Crippen LogP contribution in [0.4, 0.5) is 20.3 Å². The van der Waals surface area contributed by atoms with Gasteiger partial charge in [-0.05, 0) is 42.5 Å². The third-order valence-electron chi connectivity index (χ3n) is 5.44. The summed E-state index contributed by atoms with van der Waals surface area (Å²) in [4.78, 5) is 23.5. The maximum atomic E-state index is 14.7. The molecule has 1 aliphatic heterocycles. The molecule has 0 bridgehead atoms. The third-order valence-corrected chi connectivity index (χ3v) is 5.74. The van der Waals surface area contributed by atoms with Gasteiger partial charge in [-0.25, -0.2) is 13.8 Å². The summed E-state index contributed by atoms with van der Waals surface area (Å²) in [5.74, 6) is -0.900. The van der Waals surface area contributed by atoms with Gasteiger partial charge in [0.15, 0.2) is 11.6 Å². The van der Waals surface area contributed by atoms with Crippen LogP contribution in [0.2, 0.25) is 5.02 Å². The van der Waals surface area contributed by atoms with Crippen LogP contribution >= 0.6 is 11.6 Å². The highest BCUT2D eigenvalue weighted by Crippen LogP contribution is 2.29. The van der Waals surface area contributed by atoms with Crippen molar-refractivity contribution in [3.8, 4) is 11.5 Å². The van der Waals surface area contributed by atoms with Gasteiger partial charge in [0.1, 0.15) is 17.4 Å². The zero-order valence-electron chi connectivity index (χ0n) is 18.3. The van der Waals surface area contributed by atoms with Crippen molar-refractivity contribution in [3.63, 3.8) is 0 Å². The number of amides is 1. The number of benzene rings is 3. The van der Waals surface area contributed by atoms with E-state index in [9.17, 15) is 13.6 Å². The highest BCUT2D eigenvalue weighted by atomic mass is 35.5. The average molecular weight is 497 g/mol. The van der Waals surface area contributed by atoms with E-state index >= 15 is 0 Å². The van der Waals surface area contributed by atoms with Gasteiger partial charge in [-0.2, -0.15) is 0 Å². The molecule has 0 aliphatic carbocycles. The highest BCUT2D eigenvalue weighted by molar-refractivity contribution is 6.30. The topological polar surface area (TPSA) is 76.6 Å². The number of hydrogen-bond acceptors (Lipinski definition) is 6. The van der Waals surface area contributed by atoms with E-state index in [1.54, 1.807) is 24.4 Å². The molecule has 1 amide bonds. The van der Waals surface area contributed by atoms with Crippen LogP contribution in [-0.4, -0.2) is 42.2 Å². The minimum Gasteiger partial charge on any atom is -0.454 e. The molecule has 0 radical (unpaired) electrons. The van der Waals surface area contributed by atoms with Crippen molar-refractivity contribution in [3.05, 3.63) is 83.0 Å². The molecule has 1 N–H and O–H groups in total. The second kappa shape index (κ2) is 9.81. The summed E-state index contributed by atoms with van der Waals surface area (Å²) in [5, 5.41) is 2.43. The maximum Gasteiger partial charge on any atom is 0.255 e. The Morgan fingerprint density at radius 1 is 1.00 bits per heavy atom. The number of fused-ring (bicyclic) bond motifs is 1. The van der Waals surface area contributed by atoms with Crippen molar-refractivity contribution >= 4 is 40.0 Å². The SMILES string of the molecule is O=C(Nc1ccc(Oc2ccc3ncc(N4CCOCC4)nc3c2)c(F)c1)c1ccc(Cl)c(F)c1. The number of nitrogens with zero attached hydrogens (tertiary/aromatic N) is 3. The Morgan fingerprint density at radius 3 is 2.60 bits per heavy atom. The normalized spacial score (nSPS) is 13.6. The number of rotatable bonds is 5. The van der Waals surface area contributed by atoms with Crippen molar-refractivity contribution in [1.29, 1.82) is 0 Å². The standard InChI is InChI=1S/C25H19ClF2N4O3/c26-18-4-1-15(11-19(18)27)25(33)30-16-2-6-23(20(28)12-16)35-17-3-5-21-22(13-17)31-24(14-29-21)32-7-9-34-10-8-32/h1-6,11-14H,7-10H2,(H,30,33). The minimum absolute atomic E-state index is 0.0304. The van der Waals surface area contributed by atoms with Gasteiger partial charge < -0.3 is 19.7 Å². The molecule has 4 aromatic rings. The Balaban J connectivity index is 1.31. The molecule has 2 heterocycles. The van der Waals surface area contributed by atoms with E-state index in [1.807, 2.05) is 0 Å². The van der Waals surface area contributed by atoms with Gasteiger partial charge in [-0.15, -0.1) is 0 Å². The van der Waals surface area contributed by atoms with Crippen LogP contribution < -0.4 is 15.0 Å². The van der Waals surface area contributed by atoms with Gasteiger partial charge in [-0.3, -0.25) is 9.78 Å². The number of hydrogen-bond donors (Lipinski definition) is 1. The van der Waals surface area contributed by atoms with E-state index in [2.05, 4.69) is 20.2 Å². The van der Waals surface area contributed by atoms with Gasteiger partial charge in [0.2, 0.25) is 0 Å². The van der Waals surface area contributed by atoms with E-state index < -0.39 is 17.5 Å². The number of anilines is 2. The van der Waals surface area contributed by atoms with Gasteiger partial charge in [-0.1, -0.05) is 11.6 Å². The zero-order valence-corrected chi connectivity index (χ0v) is 19.1. The first-order valence-corrected chi connectivity index (χ1v) is 11.2. The fourth-order valence-corrected chi connectivity index (χ4v) is 3.74. The van der Waals surface area contributed by atoms with Crippen LogP contribution in [0.3, 0.4) is 0 Å². The number of carbonyl (C=O) groups is 1. The summed E-state index contributed by atoms with van der Waals surface area (Å²) in [6, 6.07) is 12.8. The number of nitrogens with one attached hydrogen (secondary N) is 1. The summed E-state index contributed by atoms with van der Waals surface area (Å²) in [6.07, 6.45) is 1.72. The third kappa shape index (κ3) is 5.16. The van der Waals surface area contributed by atoms with E-state index in [0.717, 1.165) is 31.0 Å². The van der Waals surface area contributed by atoms with E-state index in [-0.39, 0.29) is 22.0 Å². The van der Waals surface area contributed by atoms with Crippen molar-refractivity contribution in [2.75, 3.05) is 36.5 Å². The Morgan fingerprint density at radius 2 is 1.83 bits per heavy atom.